The number of ether oxygens (including phenoxy) is 1. The van der Waals surface area contributed by atoms with Crippen LogP contribution >= 0.6 is 0 Å². The monoisotopic (exact) mass is 284 g/mol. The van der Waals surface area contributed by atoms with Gasteiger partial charge >= 0.3 is 5.69 Å². The predicted octanol–water partition coefficient (Wildman–Crippen LogP) is 1.28. The number of rotatable bonds is 6. The van der Waals surface area contributed by atoms with E-state index in [1.165, 1.54) is 12.1 Å². The molecule has 7 nitrogen and oxygen atoms in total. The number of hydrogen-bond acceptors (Lipinski definition) is 6. The van der Waals surface area contributed by atoms with Crippen LogP contribution in [-0.2, 0) is 9.84 Å². The van der Waals surface area contributed by atoms with E-state index in [-0.39, 0.29) is 35.8 Å². The summed E-state index contributed by atoms with van der Waals surface area (Å²) in [7, 11) is -3.07. The predicted molar refractivity (Wildman–Crippen MR) is 67.6 cm³/mol. The summed E-state index contributed by atoms with van der Waals surface area (Å²) in [5.41, 5.74) is -0.145. The minimum Gasteiger partial charge on any atom is -0.487 e. The summed E-state index contributed by atoms with van der Waals surface area (Å²) in [5, 5.41) is 19.5. The van der Waals surface area contributed by atoms with Crippen molar-refractivity contribution in [3.63, 3.8) is 0 Å². The molecule has 0 aromatic heterocycles. The Morgan fingerprint density at radius 3 is 2.68 bits per heavy atom. The number of nitrogens with zero attached hydrogens (tertiary/aromatic N) is 2. The van der Waals surface area contributed by atoms with Gasteiger partial charge < -0.3 is 4.74 Å². The summed E-state index contributed by atoms with van der Waals surface area (Å²) < 4.78 is 27.0. The molecule has 102 valence electrons. The van der Waals surface area contributed by atoms with Gasteiger partial charge in [-0.2, -0.15) is 5.26 Å². The van der Waals surface area contributed by atoms with Crippen LogP contribution in [0.5, 0.6) is 5.75 Å². The first-order valence-corrected chi connectivity index (χ1v) is 7.38. The number of nitro groups is 1. The van der Waals surface area contributed by atoms with Gasteiger partial charge in [0, 0.05) is 12.3 Å². The Bertz CT molecular complexity index is 618. The lowest BCUT2D eigenvalue weighted by Crippen LogP contribution is -2.08. The molecule has 0 unspecified atom stereocenters. The minimum atomic E-state index is -3.07. The third kappa shape index (κ3) is 4.93. The standard InChI is InChI=1S/C11H12N2O5S/c1-19(16,17)6-2-5-18-11-4-3-9(8-12)7-10(11)13(14)15/h3-4,7H,2,5-6H2,1H3. The van der Waals surface area contributed by atoms with Crippen molar-refractivity contribution in [1.82, 2.24) is 0 Å². The molecule has 0 saturated carbocycles. The van der Waals surface area contributed by atoms with Gasteiger partial charge in [-0.05, 0) is 18.6 Å². The summed E-state index contributed by atoms with van der Waals surface area (Å²) in [6.45, 7) is 0.0554. The second-order valence-electron chi connectivity index (χ2n) is 3.88. The first kappa shape index (κ1) is 14.9. The number of benzene rings is 1. The Labute approximate surface area is 110 Å². The van der Waals surface area contributed by atoms with Gasteiger partial charge in [0.15, 0.2) is 5.75 Å². The van der Waals surface area contributed by atoms with E-state index in [1.807, 2.05) is 0 Å². The van der Waals surface area contributed by atoms with Gasteiger partial charge in [-0.15, -0.1) is 0 Å². The van der Waals surface area contributed by atoms with Crippen molar-refractivity contribution in [1.29, 1.82) is 5.26 Å². The normalized spacial score (nSPS) is 10.7. The molecular weight excluding hydrogens is 272 g/mol. The van der Waals surface area contributed by atoms with Crippen LogP contribution in [-0.4, -0.2) is 32.0 Å². The molecule has 0 aliphatic heterocycles. The molecule has 0 saturated heterocycles. The fourth-order valence-corrected chi connectivity index (χ4v) is 2.00. The van der Waals surface area contributed by atoms with Gasteiger partial charge in [0.2, 0.25) is 0 Å². The summed E-state index contributed by atoms with van der Waals surface area (Å²) in [4.78, 5) is 10.2. The zero-order valence-corrected chi connectivity index (χ0v) is 11.0. The van der Waals surface area contributed by atoms with Crippen molar-refractivity contribution in [2.24, 2.45) is 0 Å². The van der Waals surface area contributed by atoms with Crippen molar-refractivity contribution >= 4 is 15.5 Å². The van der Waals surface area contributed by atoms with E-state index in [9.17, 15) is 18.5 Å². The van der Waals surface area contributed by atoms with E-state index in [4.69, 9.17) is 10.00 Å². The van der Waals surface area contributed by atoms with Gasteiger partial charge in [0.05, 0.1) is 28.9 Å². The number of hydrogen-bond donors (Lipinski definition) is 0. The van der Waals surface area contributed by atoms with Crippen molar-refractivity contribution in [2.45, 2.75) is 6.42 Å². The Kier molecular flexibility index (Phi) is 4.83. The maximum absolute atomic E-state index is 10.9. The van der Waals surface area contributed by atoms with Gasteiger partial charge in [-0.3, -0.25) is 10.1 Å². The molecule has 0 spiro atoms. The third-order valence-electron chi connectivity index (χ3n) is 2.20. The summed E-state index contributed by atoms with van der Waals surface area (Å²) >= 11 is 0. The van der Waals surface area contributed by atoms with E-state index < -0.39 is 14.8 Å². The fourth-order valence-electron chi connectivity index (χ4n) is 1.35. The van der Waals surface area contributed by atoms with E-state index in [1.54, 1.807) is 6.07 Å². The van der Waals surface area contributed by atoms with Crippen LogP contribution in [0.4, 0.5) is 5.69 Å². The zero-order valence-electron chi connectivity index (χ0n) is 10.2. The van der Waals surface area contributed by atoms with E-state index >= 15 is 0 Å². The summed E-state index contributed by atoms with van der Waals surface area (Å²) in [6, 6.07) is 5.65. The zero-order chi connectivity index (χ0) is 14.5. The number of nitriles is 1. The van der Waals surface area contributed by atoms with Crippen molar-refractivity contribution in [3.8, 4) is 11.8 Å². The number of sulfone groups is 1. The molecule has 0 aliphatic carbocycles. The second-order valence-corrected chi connectivity index (χ2v) is 6.14. The fraction of sp³-hybridized carbons (Fsp3) is 0.364. The Hall–Kier alpha value is -2.14. The molecule has 0 aliphatic rings. The van der Waals surface area contributed by atoms with Crippen LogP contribution in [0.3, 0.4) is 0 Å². The van der Waals surface area contributed by atoms with E-state index in [2.05, 4.69) is 0 Å². The molecule has 0 heterocycles. The van der Waals surface area contributed by atoms with Crippen LogP contribution in [0.1, 0.15) is 12.0 Å². The highest BCUT2D eigenvalue weighted by atomic mass is 32.2. The SMILES string of the molecule is CS(=O)(=O)CCCOc1ccc(C#N)cc1[N+](=O)[O-]. The lowest BCUT2D eigenvalue weighted by Gasteiger charge is -2.06. The molecule has 19 heavy (non-hydrogen) atoms. The summed E-state index contributed by atoms with van der Waals surface area (Å²) in [5.74, 6) is -0.0191. The molecule has 0 atom stereocenters. The minimum absolute atomic E-state index is 0.0255. The van der Waals surface area contributed by atoms with Crippen LogP contribution in [0.15, 0.2) is 18.2 Å². The summed E-state index contributed by atoms with van der Waals surface area (Å²) in [6.07, 6.45) is 1.35. The Morgan fingerprint density at radius 1 is 1.47 bits per heavy atom. The Balaban J connectivity index is 2.73. The molecule has 1 aromatic carbocycles. The van der Waals surface area contributed by atoms with Gasteiger partial charge in [0.25, 0.3) is 0 Å². The van der Waals surface area contributed by atoms with E-state index in [0.29, 0.717) is 0 Å². The van der Waals surface area contributed by atoms with Crippen molar-refractivity contribution < 1.29 is 18.1 Å². The molecule has 0 radical (unpaired) electrons. The maximum Gasteiger partial charge on any atom is 0.312 e. The average molecular weight is 284 g/mol. The molecular formula is C11H12N2O5S. The highest BCUT2D eigenvalue weighted by Gasteiger charge is 2.16. The van der Waals surface area contributed by atoms with Crippen LogP contribution in [0, 0.1) is 21.4 Å². The quantitative estimate of drug-likeness (QED) is 0.442. The molecule has 0 fully saturated rings. The third-order valence-corrected chi connectivity index (χ3v) is 3.23. The van der Waals surface area contributed by atoms with Gasteiger partial charge in [0.1, 0.15) is 9.84 Å². The largest absolute Gasteiger partial charge is 0.487 e. The smallest absolute Gasteiger partial charge is 0.312 e. The average Bonchev–Trinajstić information content (AvgIpc) is 2.33. The Morgan fingerprint density at radius 2 is 2.16 bits per heavy atom. The second kappa shape index (κ2) is 6.15. The van der Waals surface area contributed by atoms with Gasteiger partial charge in [-0.25, -0.2) is 8.42 Å². The molecule has 8 heteroatoms. The molecule has 1 aromatic rings. The highest BCUT2D eigenvalue weighted by Crippen LogP contribution is 2.27. The lowest BCUT2D eigenvalue weighted by molar-refractivity contribution is -0.385. The first-order valence-electron chi connectivity index (χ1n) is 5.32. The first-order chi connectivity index (χ1) is 8.83. The van der Waals surface area contributed by atoms with E-state index in [0.717, 1.165) is 12.3 Å². The van der Waals surface area contributed by atoms with Crippen molar-refractivity contribution in [3.05, 3.63) is 33.9 Å². The lowest BCUT2D eigenvalue weighted by atomic mass is 10.2. The van der Waals surface area contributed by atoms with Crippen LogP contribution in [0.25, 0.3) is 0 Å². The molecule has 0 N–H and O–H groups in total. The highest BCUT2D eigenvalue weighted by molar-refractivity contribution is 7.90. The molecule has 0 amide bonds. The topological polar surface area (TPSA) is 110 Å². The molecule has 1 rings (SSSR count). The maximum atomic E-state index is 10.9. The molecule has 0 bridgehead atoms. The number of nitro benzene ring substituents is 1. The van der Waals surface area contributed by atoms with Gasteiger partial charge in [-0.1, -0.05) is 0 Å². The van der Waals surface area contributed by atoms with Crippen LogP contribution < -0.4 is 4.74 Å². The van der Waals surface area contributed by atoms with Crippen LogP contribution in [0.2, 0.25) is 0 Å². The van der Waals surface area contributed by atoms with Crippen molar-refractivity contribution in [2.75, 3.05) is 18.6 Å².